The summed E-state index contributed by atoms with van der Waals surface area (Å²) in [6, 6.07) is 1.98. The Morgan fingerprint density at radius 1 is 1.35 bits per heavy atom. The maximum absolute atomic E-state index is 12.0. The van der Waals surface area contributed by atoms with Crippen LogP contribution in [-0.2, 0) is 16.1 Å². The number of carbonyl (C=O) groups is 1. The fourth-order valence-corrected chi connectivity index (χ4v) is 3.12. The second-order valence-electron chi connectivity index (χ2n) is 6.42. The van der Waals surface area contributed by atoms with Crippen LogP contribution in [-0.4, -0.2) is 72.8 Å². The molecule has 1 aromatic heterocycles. The van der Waals surface area contributed by atoms with Gasteiger partial charge in [-0.3, -0.25) is 14.6 Å². The highest BCUT2D eigenvalue weighted by atomic mass is 16.5. The Balaban J connectivity index is 1.33. The molecular weight excluding hydrogens is 296 g/mol. The van der Waals surface area contributed by atoms with Crippen molar-refractivity contribution in [2.24, 2.45) is 0 Å². The summed E-state index contributed by atoms with van der Waals surface area (Å²) >= 11 is 0. The number of aromatic nitrogens is 1. The van der Waals surface area contributed by atoms with Crippen molar-refractivity contribution in [3.05, 3.63) is 17.5 Å². The highest BCUT2D eigenvalue weighted by molar-refractivity contribution is 5.78. The first-order valence-corrected chi connectivity index (χ1v) is 8.44. The topological polar surface area (TPSA) is 70.8 Å². The molecule has 0 spiro atoms. The summed E-state index contributed by atoms with van der Waals surface area (Å²) in [5, 5.41) is 7.02. The summed E-state index contributed by atoms with van der Waals surface area (Å²) in [4.78, 5) is 16.5. The predicted octanol–water partition coefficient (Wildman–Crippen LogP) is 0.396. The fourth-order valence-electron chi connectivity index (χ4n) is 3.12. The van der Waals surface area contributed by atoms with Gasteiger partial charge in [-0.1, -0.05) is 5.16 Å². The molecule has 7 nitrogen and oxygen atoms in total. The first kappa shape index (κ1) is 16.4. The van der Waals surface area contributed by atoms with Crippen molar-refractivity contribution in [2.75, 3.05) is 45.9 Å². The summed E-state index contributed by atoms with van der Waals surface area (Å²) < 4.78 is 10.6. The fraction of sp³-hybridized carbons (Fsp3) is 0.750. The van der Waals surface area contributed by atoms with Crippen molar-refractivity contribution in [3.63, 3.8) is 0 Å². The van der Waals surface area contributed by atoms with E-state index in [1.807, 2.05) is 13.0 Å². The number of rotatable bonds is 6. The molecule has 0 bridgehead atoms. The lowest BCUT2D eigenvalue weighted by Crippen LogP contribution is -2.49. The predicted molar refractivity (Wildman–Crippen MR) is 84.9 cm³/mol. The number of aryl methyl sites for hydroxylation is 1. The molecular formula is C16H26N4O3. The molecule has 0 saturated carbocycles. The highest BCUT2D eigenvalue weighted by Gasteiger charge is 2.21. The smallest absolute Gasteiger partial charge is 0.234 e. The van der Waals surface area contributed by atoms with E-state index in [0.717, 1.165) is 63.6 Å². The summed E-state index contributed by atoms with van der Waals surface area (Å²) in [5.41, 5.74) is 0.977. The Bertz CT molecular complexity index is 505. The number of hydrogen-bond acceptors (Lipinski definition) is 6. The zero-order valence-corrected chi connectivity index (χ0v) is 13.8. The van der Waals surface area contributed by atoms with Crippen LogP contribution in [0.3, 0.4) is 0 Å². The van der Waals surface area contributed by atoms with Gasteiger partial charge in [0.1, 0.15) is 5.76 Å². The molecule has 7 heteroatoms. The van der Waals surface area contributed by atoms with Gasteiger partial charge < -0.3 is 14.6 Å². The molecule has 0 aliphatic carbocycles. The van der Waals surface area contributed by atoms with E-state index in [1.54, 1.807) is 0 Å². The Labute approximate surface area is 136 Å². The lowest BCUT2D eigenvalue weighted by molar-refractivity contribution is -0.123. The van der Waals surface area contributed by atoms with Gasteiger partial charge >= 0.3 is 0 Å². The first-order valence-electron chi connectivity index (χ1n) is 8.44. The van der Waals surface area contributed by atoms with Crippen molar-refractivity contribution in [1.82, 2.24) is 20.3 Å². The molecule has 1 aromatic rings. The molecule has 3 heterocycles. The van der Waals surface area contributed by atoms with E-state index in [0.29, 0.717) is 13.1 Å². The van der Waals surface area contributed by atoms with Gasteiger partial charge in [0.05, 0.1) is 18.3 Å². The van der Waals surface area contributed by atoms with E-state index < -0.39 is 0 Å². The van der Waals surface area contributed by atoms with Gasteiger partial charge in [0.15, 0.2) is 0 Å². The quantitative estimate of drug-likeness (QED) is 0.817. The number of nitrogens with zero attached hydrogens (tertiary/aromatic N) is 3. The number of hydrogen-bond donors (Lipinski definition) is 1. The molecule has 2 aliphatic rings. The van der Waals surface area contributed by atoms with E-state index in [1.165, 1.54) is 0 Å². The third-order valence-corrected chi connectivity index (χ3v) is 4.45. The Morgan fingerprint density at radius 2 is 2.13 bits per heavy atom. The van der Waals surface area contributed by atoms with Crippen LogP contribution in [0.5, 0.6) is 0 Å². The number of carbonyl (C=O) groups excluding carboxylic acids is 1. The van der Waals surface area contributed by atoms with Gasteiger partial charge in [-0.15, -0.1) is 0 Å². The maximum Gasteiger partial charge on any atom is 0.234 e. The van der Waals surface area contributed by atoms with E-state index >= 15 is 0 Å². The van der Waals surface area contributed by atoms with Crippen LogP contribution < -0.4 is 5.32 Å². The molecule has 1 atom stereocenters. The van der Waals surface area contributed by atoms with Crippen LogP contribution in [0.1, 0.15) is 24.3 Å². The molecule has 0 aromatic carbocycles. The molecule has 3 rings (SSSR count). The van der Waals surface area contributed by atoms with Gasteiger partial charge in [0.2, 0.25) is 5.91 Å². The lowest BCUT2D eigenvalue weighted by atomic mass is 10.2. The van der Waals surface area contributed by atoms with Gasteiger partial charge in [-0.25, -0.2) is 0 Å². The standard InChI is InChI=1S/C16H26N4O3/c1-13-9-14(18-23-13)11-19-4-6-20(7-5-19)12-16(21)17-10-15-3-2-8-22-15/h9,15H,2-8,10-12H2,1H3,(H,17,21). The molecule has 23 heavy (non-hydrogen) atoms. The highest BCUT2D eigenvalue weighted by Crippen LogP contribution is 2.11. The molecule has 0 radical (unpaired) electrons. The maximum atomic E-state index is 12.0. The van der Waals surface area contributed by atoms with E-state index in [9.17, 15) is 4.79 Å². The molecule has 1 N–H and O–H groups in total. The van der Waals surface area contributed by atoms with Gasteiger partial charge in [-0.2, -0.15) is 0 Å². The van der Waals surface area contributed by atoms with Gasteiger partial charge in [0, 0.05) is 51.9 Å². The second kappa shape index (κ2) is 7.90. The third kappa shape index (κ3) is 5.02. The number of amides is 1. The van der Waals surface area contributed by atoms with Crippen LogP contribution >= 0.6 is 0 Å². The van der Waals surface area contributed by atoms with E-state index in [4.69, 9.17) is 9.26 Å². The van der Waals surface area contributed by atoms with Crippen LogP contribution in [0, 0.1) is 6.92 Å². The average molecular weight is 322 g/mol. The normalized spacial score (nSPS) is 23.3. The Kier molecular flexibility index (Phi) is 5.64. The zero-order chi connectivity index (χ0) is 16.1. The lowest BCUT2D eigenvalue weighted by Gasteiger charge is -2.33. The molecule has 2 aliphatic heterocycles. The summed E-state index contributed by atoms with van der Waals surface area (Å²) in [7, 11) is 0. The molecule has 1 amide bonds. The minimum atomic E-state index is 0.0982. The number of ether oxygens (including phenoxy) is 1. The molecule has 1 unspecified atom stereocenters. The minimum Gasteiger partial charge on any atom is -0.376 e. The van der Waals surface area contributed by atoms with Crippen molar-refractivity contribution < 1.29 is 14.1 Å². The summed E-state index contributed by atoms with van der Waals surface area (Å²) in [5.74, 6) is 0.947. The third-order valence-electron chi connectivity index (χ3n) is 4.45. The van der Waals surface area contributed by atoms with Crippen molar-refractivity contribution in [2.45, 2.75) is 32.4 Å². The van der Waals surface area contributed by atoms with Crippen LogP contribution in [0.2, 0.25) is 0 Å². The Hall–Kier alpha value is -1.44. The molecule has 128 valence electrons. The summed E-state index contributed by atoms with van der Waals surface area (Å²) in [6.45, 7) is 8.38. The van der Waals surface area contributed by atoms with Gasteiger partial charge in [0.25, 0.3) is 0 Å². The van der Waals surface area contributed by atoms with E-state index in [-0.39, 0.29) is 12.0 Å². The second-order valence-corrected chi connectivity index (χ2v) is 6.42. The van der Waals surface area contributed by atoms with Crippen molar-refractivity contribution in [1.29, 1.82) is 0 Å². The summed E-state index contributed by atoms with van der Waals surface area (Å²) in [6.07, 6.45) is 2.37. The molecule has 2 saturated heterocycles. The van der Waals surface area contributed by atoms with Gasteiger partial charge in [-0.05, 0) is 19.8 Å². The van der Waals surface area contributed by atoms with Crippen LogP contribution in [0.15, 0.2) is 10.6 Å². The average Bonchev–Trinajstić information content (AvgIpc) is 3.19. The van der Waals surface area contributed by atoms with E-state index in [2.05, 4.69) is 20.3 Å². The zero-order valence-electron chi connectivity index (χ0n) is 13.8. The Morgan fingerprint density at radius 3 is 2.78 bits per heavy atom. The first-order chi connectivity index (χ1) is 11.2. The van der Waals surface area contributed by atoms with Crippen LogP contribution in [0.25, 0.3) is 0 Å². The largest absolute Gasteiger partial charge is 0.376 e. The van der Waals surface area contributed by atoms with Crippen molar-refractivity contribution in [3.8, 4) is 0 Å². The van der Waals surface area contributed by atoms with Crippen LogP contribution in [0.4, 0.5) is 0 Å². The minimum absolute atomic E-state index is 0.0982. The number of nitrogens with one attached hydrogen (secondary N) is 1. The van der Waals surface area contributed by atoms with Crippen molar-refractivity contribution >= 4 is 5.91 Å². The SMILES string of the molecule is Cc1cc(CN2CCN(CC(=O)NCC3CCCO3)CC2)no1. The molecule has 2 fully saturated rings. The monoisotopic (exact) mass is 322 g/mol. The number of piperazine rings is 1.